The van der Waals surface area contributed by atoms with E-state index in [1.165, 1.54) is 23.1 Å². The summed E-state index contributed by atoms with van der Waals surface area (Å²) in [7, 11) is 0. The Morgan fingerprint density at radius 2 is 1.88 bits per heavy atom. The van der Waals surface area contributed by atoms with E-state index >= 15 is 0 Å². The van der Waals surface area contributed by atoms with Gasteiger partial charge in [0.25, 0.3) is 0 Å². The first-order chi connectivity index (χ1) is 15.5. The Bertz CT molecular complexity index is 1270. The van der Waals surface area contributed by atoms with Crippen molar-refractivity contribution >= 4 is 62.5 Å². The van der Waals surface area contributed by atoms with E-state index in [1.54, 1.807) is 19.1 Å². The summed E-state index contributed by atoms with van der Waals surface area (Å²) < 4.78 is 5.24. The van der Waals surface area contributed by atoms with Gasteiger partial charge in [0.1, 0.15) is 10.6 Å². The van der Waals surface area contributed by atoms with Crippen LogP contribution in [0.25, 0.3) is 22.0 Å². The van der Waals surface area contributed by atoms with E-state index in [2.05, 4.69) is 10.3 Å². The molecule has 0 fully saturated rings. The van der Waals surface area contributed by atoms with E-state index in [1.807, 2.05) is 53.9 Å². The lowest BCUT2D eigenvalue weighted by Gasteiger charge is -2.09. The molecule has 0 bridgehead atoms. The normalized spacial score (nSPS) is 10.8. The second-order valence-electron chi connectivity index (χ2n) is 6.76. The number of carbonyl (C=O) groups is 2. The van der Waals surface area contributed by atoms with Crippen LogP contribution in [0.2, 0.25) is 5.02 Å². The van der Waals surface area contributed by atoms with Crippen LogP contribution in [-0.2, 0) is 9.53 Å². The largest absolute Gasteiger partial charge is 0.462 e. The summed E-state index contributed by atoms with van der Waals surface area (Å²) in [6.45, 7) is 1.99. The molecule has 1 amide bonds. The van der Waals surface area contributed by atoms with Crippen LogP contribution in [0.1, 0.15) is 17.3 Å². The van der Waals surface area contributed by atoms with Crippen LogP contribution in [0.15, 0.2) is 71.1 Å². The number of para-hydroxylation sites is 1. The lowest BCUT2D eigenvalue weighted by molar-refractivity contribution is -0.113. The molecule has 0 radical (unpaired) electrons. The zero-order chi connectivity index (χ0) is 22.5. The smallest absolute Gasteiger partial charge is 0.341 e. The van der Waals surface area contributed by atoms with Crippen LogP contribution in [0, 0.1) is 0 Å². The molecule has 2 heterocycles. The molecule has 2 aromatic carbocycles. The molecule has 0 aliphatic carbocycles. The summed E-state index contributed by atoms with van der Waals surface area (Å²) >= 11 is 8.62. The third kappa shape index (κ3) is 5.12. The van der Waals surface area contributed by atoms with Gasteiger partial charge in [0.15, 0.2) is 0 Å². The Morgan fingerprint density at radius 3 is 2.66 bits per heavy atom. The zero-order valence-corrected chi connectivity index (χ0v) is 19.5. The fourth-order valence-corrected chi connectivity index (χ4v) is 4.91. The molecule has 0 saturated heterocycles. The van der Waals surface area contributed by atoms with Crippen molar-refractivity contribution in [2.24, 2.45) is 0 Å². The number of fused-ring (bicyclic) bond motifs is 1. The number of hydrogen-bond donors (Lipinski definition) is 1. The second kappa shape index (κ2) is 10.2. The summed E-state index contributed by atoms with van der Waals surface area (Å²) in [4.78, 5) is 29.9. The fraction of sp³-hybridized carbons (Fsp3) is 0.125. The van der Waals surface area contributed by atoms with E-state index in [-0.39, 0.29) is 18.3 Å². The number of halogens is 1. The first-order valence-electron chi connectivity index (χ1n) is 9.88. The molecule has 0 unspecified atom stereocenters. The molecule has 0 atom stereocenters. The van der Waals surface area contributed by atoms with Crippen molar-refractivity contribution in [1.82, 2.24) is 4.98 Å². The highest BCUT2D eigenvalue weighted by molar-refractivity contribution is 7.99. The van der Waals surface area contributed by atoms with E-state index in [4.69, 9.17) is 16.3 Å². The second-order valence-corrected chi connectivity index (χ2v) is 9.07. The van der Waals surface area contributed by atoms with E-state index in [9.17, 15) is 9.59 Å². The molecular formula is C24H19ClN2O3S2. The Morgan fingerprint density at radius 1 is 1.09 bits per heavy atom. The lowest BCUT2D eigenvalue weighted by atomic mass is 10.0. The molecule has 0 spiro atoms. The van der Waals surface area contributed by atoms with Gasteiger partial charge < -0.3 is 10.1 Å². The SMILES string of the molecule is CCOC(=O)c1c(-c2ccc(Cl)cc2)csc1NC(=O)CSc1ccc2ccccc2n1. The van der Waals surface area contributed by atoms with Gasteiger partial charge in [0.2, 0.25) is 5.91 Å². The highest BCUT2D eigenvalue weighted by atomic mass is 35.5. The van der Waals surface area contributed by atoms with Crippen LogP contribution >= 0.6 is 34.7 Å². The van der Waals surface area contributed by atoms with E-state index in [0.717, 1.165) is 21.5 Å². The highest BCUT2D eigenvalue weighted by Crippen LogP contribution is 2.37. The topological polar surface area (TPSA) is 68.3 Å². The number of thioether (sulfide) groups is 1. The van der Waals surface area contributed by atoms with Crippen molar-refractivity contribution in [2.45, 2.75) is 11.9 Å². The molecule has 4 rings (SSSR count). The van der Waals surface area contributed by atoms with Gasteiger partial charge in [-0.1, -0.05) is 59.8 Å². The van der Waals surface area contributed by atoms with Gasteiger partial charge in [-0.3, -0.25) is 4.79 Å². The van der Waals surface area contributed by atoms with Gasteiger partial charge in [-0.05, 0) is 36.8 Å². The van der Waals surface area contributed by atoms with Gasteiger partial charge in [-0.25, -0.2) is 9.78 Å². The third-order valence-corrected chi connectivity index (χ3v) is 6.68. The van der Waals surface area contributed by atoms with Crippen LogP contribution in [-0.4, -0.2) is 29.2 Å². The Labute approximate surface area is 198 Å². The summed E-state index contributed by atoms with van der Waals surface area (Å²) in [6.07, 6.45) is 0. The molecule has 0 aliphatic rings. The number of nitrogens with one attached hydrogen (secondary N) is 1. The van der Waals surface area contributed by atoms with Gasteiger partial charge in [0, 0.05) is 21.4 Å². The first kappa shape index (κ1) is 22.3. The number of carbonyl (C=O) groups excluding carboxylic acids is 2. The number of hydrogen-bond acceptors (Lipinski definition) is 6. The molecule has 5 nitrogen and oxygen atoms in total. The Hall–Kier alpha value is -2.87. The van der Waals surface area contributed by atoms with Crippen LogP contribution in [0.3, 0.4) is 0 Å². The first-order valence-corrected chi connectivity index (χ1v) is 12.1. The lowest BCUT2D eigenvalue weighted by Crippen LogP contribution is -2.16. The molecule has 0 saturated carbocycles. The number of aromatic nitrogens is 1. The maximum atomic E-state index is 12.7. The van der Waals surface area contributed by atoms with Crippen molar-refractivity contribution in [3.8, 4) is 11.1 Å². The Kier molecular flexibility index (Phi) is 7.09. The van der Waals surface area contributed by atoms with Crippen molar-refractivity contribution in [2.75, 3.05) is 17.7 Å². The standard InChI is InChI=1S/C24H19ClN2O3S2/c1-2-30-24(29)22-18(15-7-10-17(25)11-8-15)13-32-23(22)27-20(28)14-31-21-12-9-16-5-3-4-6-19(16)26-21/h3-13H,2,14H2,1H3,(H,27,28). The predicted molar refractivity (Wildman–Crippen MR) is 132 cm³/mol. The number of rotatable bonds is 7. The Balaban J connectivity index is 1.51. The fourth-order valence-electron chi connectivity index (χ4n) is 3.13. The predicted octanol–water partition coefficient (Wildman–Crippen LogP) is 6.52. The van der Waals surface area contributed by atoms with Crippen molar-refractivity contribution in [3.05, 3.63) is 76.6 Å². The van der Waals surface area contributed by atoms with Crippen LogP contribution in [0.5, 0.6) is 0 Å². The summed E-state index contributed by atoms with van der Waals surface area (Å²) in [5, 5.41) is 7.58. The summed E-state index contributed by atoms with van der Waals surface area (Å²) in [5.41, 5.74) is 2.75. The number of anilines is 1. The minimum Gasteiger partial charge on any atom is -0.462 e. The molecule has 162 valence electrons. The molecule has 32 heavy (non-hydrogen) atoms. The molecular weight excluding hydrogens is 464 g/mol. The number of benzene rings is 2. The average Bonchev–Trinajstić information content (AvgIpc) is 3.21. The van der Waals surface area contributed by atoms with Gasteiger partial charge in [0.05, 0.1) is 22.9 Å². The van der Waals surface area contributed by atoms with Crippen molar-refractivity contribution in [3.63, 3.8) is 0 Å². The van der Waals surface area contributed by atoms with Crippen LogP contribution in [0.4, 0.5) is 5.00 Å². The van der Waals surface area contributed by atoms with E-state index < -0.39 is 5.97 Å². The van der Waals surface area contributed by atoms with Gasteiger partial charge >= 0.3 is 5.97 Å². The number of amides is 1. The van der Waals surface area contributed by atoms with Crippen LogP contribution < -0.4 is 5.32 Å². The minimum atomic E-state index is -0.474. The molecule has 8 heteroatoms. The number of ether oxygens (including phenoxy) is 1. The van der Waals surface area contributed by atoms with Crippen molar-refractivity contribution < 1.29 is 14.3 Å². The van der Waals surface area contributed by atoms with Gasteiger partial charge in [-0.2, -0.15) is 0 Å². The minimum absolute atomic E-state index is 0.168. The monoisotopic (exact) mass is 482 g/mol. The maximum absolute atomic E-state index is 12.7. The highest BCUT2D eigenvalue weighted by Gasteiger charge is 2.23. The summed E-state index contributed by atoms with van der Waals surface area (Å²) in [6, 6.07) is 18.9. The average molecular weight is 483 g/mol. The zero-order valence-electron chi connectivity index (χ0n) is 17.1. The van der Waals surface area contributed by atoms with Crippen molar-refractivity contribution in [1.29, 1.82) is 0 Å². The number of pyridine rings is 1. The third-order valence-electron chi connectivity index (χ3n) is 4.60. The number of nitrogens with zero attached hydrogens (tertiary/aromatic N) is 1. The van der Waals surface area contributed by atoms with E-state index in [0.29, 0.717) is 21.2 Å². The van der Waals surface area contributed by atoms with Gasteiger partial charge in [-0.15, -0.1) is 11.3 Å². The number of esters is 1. The number of thiophene rings is 1. The molecule has 1 N–H and O–H groups in total. The molecule has 2 aromatic heterocycles. The molecule has 4 aromatic rings. The maximum Gasteiger partial charge on any atom is 0.341 e. The quantitative estimate of drug-likeness (QED) is 0.240. The molecule has 0 aliphatic heterocycles. The summed E-state index contributed by atoms with van der Waals surface area (Å²) in [5.74, 6) is -0.528.